The van der Waals surface area contributed by atoms with Gasteiger partial charge in [-0.3, -0.25) is 9.59 Å². The third-order valence-corrected chi connectivity index (χ3v) is 10.5. The Morgan fingerprint density at radius 3 is 1.63 bits per heavy atom. The summed E-state index contributed by atoms with van der Waals surface area (Å²) in [5.74, 6) is -6.98. The Morgan fingerprint density at radius 2 is 1.09 bits per heavy atom. The molecule has 54 heavy (non-hydrogen) atoms. The molecule has 4 heterocycles. The summed E-state index contributed by atoms with van der Waals surface area (Å²) >= 11 is 0. The SMILES string of the molecule is CCC1O[C@@H](O[C@H]2C(C(=O)O)O[C@@H](OC)C(O)[C@H]2C)C(NC(C)=O)[C@@H](O[C@@H]2OC(C(=O)O)[C@H](O[C@@H]3OC(CO)[C@H](O)[C@H](C)C3NC(C)=O)[C@H](O)C2C)[C@H]1O. The van der Waals surface area contributed by atoms with Gasteiger partial charge in [0, 0.05) is 38.7 Å². The summed E-state index contributed by atoms with van der Waals surface area (Å²) in [5.41, 5.74) is 0. The van der Waals surface area contributed by atoms with E-state index in [1.165, 1.54) is 27.9 Å². The zero-order chi connectivity index (χ0) is 40.3. The number of methoxy groups -OCH3 is 1. The highest BCUT2D eigenvalue weighted by Crippen LogP contribution is 2.38. The molecule has 0 aliphatic carbocycles. The standard InChI is InChI=1S/C33H54N2O19/c1-8-15-22(42)24(18(35-14(6)38)32(48-15)50-23-11(3)21(41)33(47-7)54-26(23)28(43)44)51-30-12(4)20(40)25(27(53-30)29(45)46)52-31-17(34-13(5)37)10(2)19(39)16(9-36)49-31/h10-12,15-27,30-33,36,39-42H,8-9H2,1-7H3,(H,34,37)(H,35,38)(H,43,44)(H,45,46)/t10-,11-,12?,15?,16?,17?,18?,19-,20-,21?,22+,23-,24-,25-,26?,27?,30-,31+,32+,33-/m1/s1. The first kappa shape index (κ1) is 44.1. The lowest BCUT2D eigenvalue weighted by atomic mass is 9.88. The Hall–Kier alpha value is -2.64. The van der Waals surface area contributed by atoms with E-state index in [4.69, 9.17) is 37.9 Å². The molecule has 4 aliphatic rings. The molecule has 0 aromatic heterocycles. The molecule has 4 fully saturated rings. The maximum atomic E-state index is 12.6. The molecule has 0 spiro atoms. The minimum atomic E-state index is -1.95. The fourth-order valence-electron chi connectivity index (χ4n) is 7.32. The van der Waals surface area contributed by atoms with Gasteiger partial charge in [-0.2, -0.15) is 0 Å². The molecule has 0 aromatic carbocycles. The number of carboxylic acid groups (broad SMARTS) is 2. The number of rotatable bonds is 13. The molecule has 2 amide bonds. The molecule has 4 aliphatic heterocycles. The van der Waals surface area contributed by atoms with Gasteiger partial charge in [0.1, 0.15) is 42.7 Å². The van der Waals surface area contributed by atoms with Crippen LogP contribution in [0.2, 0.25) is 0 Å². The third kappa shape index (κ3) is 9.31. The van der Waals surface area contributed by atoms with Crippen LogP contribution in [0.1, 0.15) is 48.0 Å². The second-order valence-electron chi connectivity index (χ2n) is 14.2. The van der Waals surface area contributed by atoms with Crippen LogP contribution in [0.15, 0.2) is 0 Å². The van der Waals surface area contributed by atoms with E-state index in [0.717, 1.165) is 6.92 Å². The van der Waals surface area contributed by atoms with Crippen LogP contribution in [-0.2, 0) is 57.1 Å². The summed E-state index contributed by atoms with van der Waals surface area (Å²) in [7, 11) is 1.23. The topological polar surface area (TPSA) is 308 Å². The van der Waals surface area contributed by atoms with Gasteiger partial charge in [0.05, 0.1) is 31.0 Å². The Kier molecular flexibility index (Phi) is 15.1. The van der Waals surface area contributed by atoms with Crippen molar-refractivity contribution in [3.63, 3.8) is 0 Å². The number of carbonyl (C=O) groups excluding carboxylic acids is 2. The molecular weight excluding hydrogens is 728 g/mol. The van der Waals surface area contributed by atoms with Crippen molar-refractivity contribution in [1.29, 1.82) is 0 Å². The van der Waals surface area contributed by atoms with Crippen LogP contribution in [0, 0.1) is 17.8 Å². The number of aliphatic hydroxyl groups excluding tert-OH is 5. The van der Waals surface area contributed by atoms with Crippen molar-refractivity contribution in [2.24, 2.45) is 17.8 Å². The van der Waals surface area contributed by atoms with Crippen LogP contribution in [0.25, 0.3) is 0 Å². The Morgan fingerprint density at radius 1 is 0.593 bits per heavy atom. The molecule has 310 valence electrons. The second-order valence-corrected chi connectivity index (χ2v) is 14.2. The fraction of sp³-hybridized carbons (Fsp3) is 0.879. The van der Waals surface area contributed by atoms with Gasteiger partial charge in [0.15, 0.2) is 37.4 Å². The highest BCUT2D eigenvalue weighted by Gasteiger charge is 2.56. The molecule has 0 bridgehead atoms. The van der Waals surface area contributed by atoms with Crippen molar-refractivity contribution in [3.05, 3.63) is 0 Å². The molecule has 20 atom stereocenters. The number of hydrogen-bond donors (Lipinski definition) is 9. The maximum absolute atomic E-state index is 12.6. The number of amides is 2. The van der Waals surface area contributed by atoms with Crippen LogP contribution in [0.4, 0.5) is 0 Å². The minimum Gasteiger partial charge on any atom is -0.479 e. The van der Waals surface area contributed by atoms with Crippen molar-refractivity contribution >= 4 is 23.8 Å². The van der Waals surface area contributed by atoms with E-state index in [0.29, 0.717) is 0 Å². The van der Waals surface area contributed by atoms with Crippen LogP contribution in [0.3, 0.4) is 0 Å². The minimum absolute atomic E-state index is 0.150. The summed E-state index contributed by atoms with van der Waals surface area (Å²) < 4.78 is 46.5. The zero-order valence-electron chi connectivity index (χ0n) is 31.0. The van der Waals surface area contributed by atoms with Crippen molar-refractivity contribution in [1.82, 2.24) is 10.6 Å². The molecule has 0 radical (unpaired) electrons. The van der Waals surface area contributed by atoms with Crippen LogP contribution >= 0.6 is 0 Å². The van der Waals surface area contributed by atoms with E-state index < -0.39 is 153 Å². The lowest BCUT2D eigenvalue weighted by Gasteiger charge is -2.50. The average molecular weight is 783 g/mol. The van der Waals surface area contributed by atoms with E-state index >= 15 is 0 Å². The van der Waals surface area contributed by atoms with Gasteiger partial charge in [-0.05, 0) is 6.42 Å². The highest BCUT2D eigenvalue weighted by molar-refractivity contribution is 5.74. The maximum Gasteiger partial charge on any atom is 0.335 e. The molecule has 0 aromatic rings. The van der Waals surface area contributed by atoms with Crippen LogP contribution in [-0.4, -0.2) is 178 Å². The molecule has 8 unspecified atom stereocenters. The molecule has 4 saturated heterocycles. The average Bonchev–Trinajstić information content (AvgIpc) is 3.11. The second kappa shape index (κ2) is 18.5. The smallest absolute Gasteiger partial charge is 0.335 e. The van der Waals surface area contributed by atoms with Gasteiger partial charge in [-0.15, -0.1) is 0 Å². The van der Waals surface area contributed by atoms with Crippen LogP contribution in [0.5, 0.6) is 0 Å². The Labute approximate surface area is 311 Å². The first-order valence-electron chi connectivity index (χ1n) is 17.8. The summed E-state index contributed by atoms with van der Waals surface area (Å²) in [5, 5.41) is 79.6. The van der Waals surface area contributed by atoms with Gasteiger partial charge in [0.25, 0.3) is 0 Å². The van der Waals surface area contributed by atoms with Gasteiger partial charge in [-0.1, -0.05) is 27.7 Å². The molecule has 4 rings (SSSR count). The normalized spacial score (nSPS) is 45.6. The lowest BCUT2D eigenvalue weighted by molar-refractivity contribution is -0.359. The molecule has 0 saturated carbocycles. The molecule has 21 nitrogen and oxygen atoms in total. The van der Waals surface area contributed by atoms with Gasteiger partial charge >= 0.3 is 11.9 Å². The summed E-state index contributed by atoms with van der Waals surface area (Å²) in [6.45, 7) is 7.90. The predicted molar refractivity (Wildman–Crippen MR) is 176 cm³/mol. The number of nitrogens with one attached hydrogen (secondary N) is 2. The lowest BCUT2D eigenvalue weighted by Crippen LogP contribution is -2.69. The van der Waals surface area contributed by atoms with E-state index in [9.17, 15) is 54.9 Å². The number of carboxylic acids is 2. The number of aliphatic carboxylic acids is 2. The highest BCUT2D eigenvalue weighted by atomic mass is 16.8. The summed E-state index contributed by atoms with van der Waals surface area (Å²) in [4.78, 5) is 49.4. The van der Waals surface area contributed by atoms with Gasteiger partial charge in [-0.25, -0.2) is 9.59 Å². The fourth-order valence-corrected chi connectivity index (χ4v) is 7.32. The first-order valence-corrected chi connectivity index (χ1v) is 17.8. The molecule has 9 N–H and O–H groups in total. The molecule has 21 heteroatoms. The van der Waals surface area contributed by atoms with E-state index in [1.807, 2.05) is 0 Å². The van der Waals surface area contributed by atoms with E-state index in [-0.39, 0.29) is 6.42 Å². The third-order valence-electron chi connectivity index (χ3n) is 10.5. The van der Waals surface area contributed by atoms with Crippen molar-refractivity contribution in [3.8, 4) is 0 Å². The number of carbonyl (C=O) groups is 4. The zero-order valence-corrected chi connectivity index (χ0v) is 31.0. The Balaban J connectivity index is 1.62. The molecular formula is C33H54N2O19. The van der Waals surface area contributed by atoms with Crippen molar-refractivity contribution in [2.45, 2.75) is 152 Å². The van der Waals surface area contributed by atoms with Crippen molar-refractivity contribution in [2.75, 3.05) is 13.7 Å². The number of hydrogen-bond acceptors (Lipinski definition) is 17. The van der Waals surface area contributed by atoms with Gasteiger partial charge in [0.2, 0.25) is 11.8 Å². The first-order chi connectivity index (χ1) is 25.4. The number of aliphatic hydroxyl groups is 5. The monoisotopic (exact) mass is 782 g/mol. The van der Waals surface area contributed by atoms with Crippen LogP contribution < -0.4 is 10.6 Å². The van der Waals surface area contributed by atoms with Crippen molar-refractivity contribution < 1.29 is 92.8 Å². The quantitative estimate of drug-likeness (QED) is 0.0880. The predicted octanol–water partition coefficient (Wildman–Crippen LogP) is -3.38. The summed E-state index contributed by atoms with van der Waals surface area (Å²) in [6.07, 6.45) is -21.8. The van der Waals surface area contributed by atoms with E-state index in [1.54, 1.807) is 13.8 Å². The van der Waals surface area contributed by atoms with Gasteiger partial charge < -0.3 is 84.3 Å². The Bertz CT molecular complexity index is 1310. The number of ether oxygens (including phenoxy) is 8. The largest absolute Gasteiger partial charge is 0.479 e. The summed E-state index contributed by atoms with van der Waals surface area (Å²) in [6, 6.07) is -2.44. The van der Waals surface area contributed by atoms with E-state index in [2.05, 4.69) is 10.6 Å².